The number of methoxy groups -OCH3 is 1. The molecule has 3 amide bonds. The van der Waals surface area contributed by atoms with Crippen molar-refractivity contribution in [3.63, 3.8) is 0 Å². The number of anilines is 2. The topological polar surface area (TPSA) is 149 Å². The summed E-state index contributed by atoms with van der Waals surface area (Å²) in [6.07, 6.45) is -0.260. The number of benzene rings is 2. The van der Waals surface area contributed by atoms with Gasteiger partial charge in [0.1, 0.15) is 11.9 Å². The van der Waals surface area contributed by atoms with Crippen molar-refractivity contribution in [3.8, 4) is 5.75 Å². The van der Waals surface area contributed by atoms with Crippen LogP contribution in [0.25, 0.3) is 0 Å². The standard InChI is InChI=1S/C32H43N3O8Si/c1-19-29(44(4,5)41)27(16-28(38)34-14-6-7-23(34)18-36)43-32(19)25-15-24(42-3)12-13-26(25)35(31(32)40)17-21-8-10-22(11-9-21)33-30(39)20(2)37/h8-13,15,19-20,23,27,29,36-37,41H,6-7,14,16-18H2,1-5H3,(H,33,39)/t19-,20+,23+,27+,29-,32+/m1/s1. The normalized spacial score (nSPS) is 27.1. The van der Waals surface area contributed by atoms with Crippen molar-refractivity contribution in [1.29, 1.82) is 0 Å². The van der Waals surface area contributed by atoms with Crippen LogP contribution >= 0.6 is 0 Å². The fraction of sp³-hybridized carbons (Fsp3) is 0.531. The quantitative estimate of drug-likeness (QED) is 0.311. The van der Waals surface area contributed by atoms with E-state index in [1.807, 2.05) is 32.2 Å². The first-order valence-corrected chi connectivity index (χ1v) is 18.2. The van der Waals surface area contributed by atoms with E-state index in [2.05, 4.69) is 5.32 Å². The molecule has 0 aliphatic carbocycles. The Hall–Kier alpha value is -3.29. The molecule has 11 nitrogen and oxygen atoms in total. The Morgan fingerprint density at radius 3 is 2.52 bits per heavy atom. The van der Waals surface area contributed by atoms with Gasteiger partial charge in [-0.1, -0.05) is 19.1 Å². The summed E-state index contributed by atoms with van der Waals surface area (Å²) in [5.41, 5.74) is 0.788. The largest absolute Gasteiger partial charge is 0.497 e. The number of rotatable bonds is 9. The van der Waals surface area contributed by atoms with Crippen LogP contribution in [0.5, 0.6) is 5.75 Å². The van der Waals surface area contributed by atoms with E-state index in [1.54, 1.807) is 47.2 Å². The number of aliphatic hydroxyl groups is 2. The van der Waals surface area contributed by atoms with Crippen molar-refractivity contribution >= 4 is 37.4 Å². The molecule has 3 aliphatic rings. The maximum absolute atomic E-state index is 14.6. The summed E-state index contributed by atoms with van der Waals surface area (Å²) in [4.78, 5) is 55.0. The smallest absolute Gasteiger partial charge is 0.264 e. The lowest BCUT2D eigenvalue weighted by Gasteiger charge is -2.32. The molecule has 0 saturated carbocycles. The van der Waals surface area contributed by atoms with Crippen LogP contribution in [0.3, 0.4) is 0 Å². The third-order valence-electron chi connectivity index (χ3n) is 9.42. The van der Waals surface area contributed by atoms with Gasteiger partial charge in [0, 0.05) is 29.3 Å². The lowest BCUT2D eigenvalue weighted by Crippen LogP contribution is -2.46. The van der Waals surface area contributed by atoms with Gasteiger partial charge in [0.2, 0.25) is 5.91 Å². The summed E-state index contributed by atoms with van der Waals surface area (Å²) >= 11 is 0. The van der Waals surface area contributed by atoms with Crippen molar-refractivity contribution in [2.75, 3.05) is 30.5 Å². The van der Waals surface area contributed by atoms with Crippen molar-refractivity contribution in [2.24, 2.45) is 5.92 Å². The number of aliphatic hydroxyl groups excluding tert-OH is 2. The van der Waals surface area contributed by atoms with Gasteiger partial charge in [-0.05, 0) is 68.8 Å². The summed E-state index contributed by atoms with van der Waals surface area (Å²) in [7, 11) is -1.41. The van der Waals surface area contributed by atoms with Crippen LogP contribution in [-0.4, -0.2) is 84.5 Å². The highest BCUT2D eigenvalue weighted by Crippen LogP contribution is 2.60. The van der Waals surface area contributed by atoms with Crippen LogP contribution in [0.2, 0.25) is 18.6 Å². The number of ether oxygens (including phenoxy) is 2. The van der Waals surface area contributed by atoms with E-state index in [9.17, 15) is 29.4 Å². The third-order valence-corrected chi connectivity index (χ3v) is 11.9. The highest BCUT2D eigenvalue weighted by molar-refractivity contribution is 6.71. The van der Waals surface area contributed by atoms with E-state index in [-0.39, 0.29) is 37.4 Å². The number of nitrogens with zero attached hydrogens (tertiary/aromatic N) is 2. The van der Waals surface area contributed by atoms with Crippen LogP contribution in [-0.2, 0) is 31.3 Å². The van der Waals surface area contributed by atoms with Crippen LogP contribution in [0.4, 0.5) is 11.4 Å². The first-order valence-electron chi connectivity index (χ1n) is 15.2. The molecule has 2 aromatic rings. The highest BCUT2D eigenvalue weighted by Gasteiger charge is 2.66. The molecule has 3 aliphatic heterocycles. The minimum Gasteiger partial charge on any atom is -0.497 e. The average Bonchev–Trinajstić information content (AvgIpc) is 3.64. The Labute approximate surface area is 258 Å². The zero-order valence-electron chi connectivity index (χ0n) is 25.9. The van der Waals surface area contributed by atoms with Gasteiger partial charge in [-0.3, -0.25) is 14.4 Å². The molecule has 1 spiro atoms. The second-order valence-electron chi connectivity index (χ2n) is 12.8. The number of amides is 3. The van der Waals surface area contributed by atoms with Gasteiger partial charge < -0.3 is 39.6 Å². The van der Waals surface area contributed by atoms with Crippen LogP contribution < -0.4 is 15.0 Å². The monoisotopic (exact) mass is 625 g/mol. The van der Waals surface area contributed by atoms with Crippen molar-refractivity contribution in [3.05, 3.63) is 53.6 Å². The zero-order valence-corrected chi connectivity index (χ0v) is 26.9. The average molecular weight is 626 g/mol. The summed E-state index contributed by atoms with van der Waals surface area (Å²) < 4.78 is 12.3. The number of carbonyl (C=O) groups excluding carboxylic acids is 3. The van der Waals surface area contributed by atoms with Gasteiger partial charge in [0.05, 0.1) is 44.5 Å². The molecule has 12 heteroatoms. The first kappa shape index (κ1) is 32.1. The molecule has 0 radical (unpaired) electrons. The van der Waals surface area contributed by atoms with Crippen LogP contribution in [0.15, 0.2) is 42.5 Å². The summed E-state index contributed by atoms with van der Waals surface area (Å²) in [6, 6.07) is 12.2. The maximum Gasteiger partial charge on any atom is 0.264 e. The second kappa shape index (κ2) is 12.2. The Morgan fingerprint density at radius 2 is 1.91 bits per heavy atom. The van der Waals surface area contributed by atoms with Crippen molar-refractivity contribution in [1.82, 2.24) is 4.90 Å². The van der Waals surface area contributed by atoms with Gasteiger partial charge in [0.15, 0.2) is 13.9 Å². The summed E-state index contributed by atoms with van der Waals surface area (Å²) in [5, 5.41) is 22.0. The minimum atomic E-state index is -2.97. The van der Waals surface area contributed by atoms with Crippen molar-refractivity contribution in [2.45, 2.75) is 82.1 Å². The Kier molecular flexibility index (Phi) is 8.93. The Balaban J connectivity index is 1.49. The number of hydrogen-bond donors (Lipinski definition) is 4. The summed E-state index contributed by atoms with van der Waals surface area (Å²) in [6.45, 7) is 7.65. The molecule has 4 N–H and O–H groups in total. The molecule has 44 heavy (non-hydrogen) atoms. The number of likely N-dealkylation sites (tertiary alicyclic amines) is 1. The molecule has 238 valence electrons. The molecule has 0 aromatic heterocycles. The molecular formula is C32H43N3O8Si. The van der Waals surface area contributed by atoms with E-state index in [0.717, 1.165) is 18.4 Å². The molecule has 2 fully saturated rings. The first-order chi connectivity index (χ1) is 20.8. The Bertz CT molecular complexity index is 1410. The minimum absolute atomic E-state index is 0.0104. The van der Waals surface area contributed by atoms with E-state index < -0.39 is 43.5 Å². The molecule has 3 heterocycles. The Morgan fingerprint density at radius 1 is 1.20 bits per heavy atom. The van der Waals surface area contributed by atoms with E-state index in [0.29, 0.717) is 29.2 Å². The van der Waals surface area contributed by atoms with E-state index >= 15 is 0 Å². The molecule has 0 unspecified atom stereocenters. The van der Waals surface area contributed by atoms with Crippen LogP contribution in [0, 0.1) is 5.92 Å². The predicted molar refractivity (Wildman–Crippen MR) is 167 cm³/mol. The third kappa shape index (κ3) is 5.65. The van der Waals surface area contributed by atoms with Crippen molar-refractivity contribution < 1.29 is 38.9 Å². The van der Waals surface area contributed by atoms with Gasteiger partial charge in [-0.25, -0.2) is 0 Å². The van der Waals surface area contributed by atoms with Gasteiger partial charge in [-0.2, -0.15) is 0 Å². The van der Waals surface area contributed by atoms with Crippen LogP contribution in [0.1, 0.15) is 44.2 Å². The SMILES string of the molecule is COc1ccc2c(c1)[C@]1(O[C@@H](CC(=O)N3CCC[C@H]3CO)[C@H]([Si](C)(C)O)[C@H]1C)C(=O)N2Cc1ccc(NC(=O)[C@H](C)O)cc1. The molecule has 0 bridgehead atoms. The molecule has 2 saturated heterocycles. The predicted octanol–water partition coefficient (Wildman–Crippen LogP) is 2.73. The lowest BCUT2D eigenvalue weighted by atomic mass is 9.82. The number of hydrogen-bond acceptors (Lipinski definition) is 8. The molecule has 2 aromatic carbocycles. The number of carbonyl (C=O) groups is 3. The van der Waals surface area contributed by atoms with E-state index in [4.69, 9.17) is 9.47 Å². The number of fused-ring (bicyclic) bond motifs is 2. The van der Waals surface area contributed by atoms with Gasteiger partial charge >= 0.3 is 0 Å². The zero-order chi connectivity index (χ0) is 32.0. The number of nitrogens with one attached hydrogen (secondary N) is 1. The molecule has 5 rings (SSSR count). The fourth-order valence-electron chi connectivity index (χ4n) is 7.31. The maximum atomic E-state index is 14.6. The molecule has 6 atom stereocenters. The fourth-order valence-corrected chi connectivity index (χ4v) is 9.86. The van der Waals surface area contributed by atoms with Gasteiger partial charge in [-0.15, -0.1) is 0 Å². The highest BCUT2D eigenvalue weighted by atomic mass is 28.4. The van der Waals surface area contributed by atoms with E-state index in [1.165, 1.54) is 6.92 Å². The van der Waals surface area contributed by atoms with Gasteiger partial charge in [0.25, 0.3) is 11.8 Å². The summed E-state index contributed by atoms with van der Waals surface area (Å²) in [5.74, 6) is -0.812. The lowest BCUT2D eigenvalue weighted by molar-refractivity contribution is -0.150. The second-order valence-corrected chi connectivity index (χ2v) is 16.7. The molecular weight excluding hydrogens is 582 g/mol.